The molecule has 0 unspecified atom stereocenters. The van der Waals surface area contributed by atoms with E-state index in [4.69, 9.17) is 0 Å². The highest BCUT2D eigenvalue weighted by atomic mass is 32.1. The maximum Gasteiger partial charge on any atom is 0.282 e. The van der Waals surface area contributed by atoms with Crippen molar-refractivity contribution in [3.63, 3.8) is 0 Å². The van der Waals surface area contributed by atoms with Crippen molar-refractivity contribution in [1.29, 1.82) is 0 Å². The topological polar surface area (TPSA) is 75.6 Å². The maximum absolute atomic E-state index is 12.9. The van der Waals surface area contributed by atoms with Crippen molar-refractivity contribution in [3.05, 3.63) is 34.4 Å². The number of carbonyl (C=O) groups excluding carboxylic acids is 1. The quantitative estimate of drug-likeness (QED) is 0.750. The number of hydrogen-bond acceptors (Lipinski definition) is 4. The number of amides is 1. The molecule has 0 fully saturated rings. The standard InChI is InChI=1S/C14H15F2N5OS/c1-7-18-6-8(19-7)3-4-17-13(22)10-5-9-11(12(15)16)20-21(2)14(9)23-10/h5-6,12H,3-4H2,1-2H3,(H,17,22)(H,18,19). The molecule has 3 rings (SSSR count). The molecule has 0 atom stereocenters. The first-order chi connectivity index (χ1) is 11.0. The summed E-state index contributed by atoms with van der Waals surface area (Å²) in [5, 5.41) is 6.91. The van der Waals surface area contributed by atoms with Gasteiger partial charge in [0.05, 0.1) is 4.88 Å². The molecule has 3 aromatic rings. The number of alkyl halides is 2. The van der Waals surface area contributed by atoms with Gasteiger partial charge in [0.15, 0.2) is 0 Å². The van der Waals surface area contributed by atoms with Gasteiger partial charge in [-0.2, -0.15) is 5.10 Å². The lowest BCUT2D eigenvalue weighted by Gasteiger charge is -2.02. The Morgan fingerprint density at radius 2 is 2.30 bits per heavy atom. The van der Waals surface area contributed by atoms with Gasteiger partial charge in [-0.1, -0.05) is 0 Å². The number of aromatic amines is 1. The zero-order valence-electron chi connectivity index (χ0n) is 12.6. The molecule has 0 aromatic carbocycles. The molecule has 0 saturated heterocycles. The van der Waals surface area contributed by atoms with Crippen LogP contribution in [0.4, 0.5) is 8.78 Å². The van der Waals surface area contributed by atoms with Gasteiger partial charge in [-0.05, 0) is 13.0 Å². The van der Waals surface area contributed by atoms with Gasteiger partial charge >= 0.3 is 0 Å². The van der Waals surface area contributed by atoms with Crippen molar-refractivity contribution in [3.8, 4) is 0 Å². The predicted octanol–water partition coefficient (Wildman–Crippen LogP) is 2.58. The van der Waals surface area contributed by atoms with Crippen LogP contribution < -0.4 is 5.32 Å². The molecule has 1 amide bonds. The fourth-order valence-corrected chi connectivity index (χ4v) is 3.33. The van der Waals surface area contributed by atoms with Gasteiger partial charge in [-0.3, -0.25) is 9.48 Å². The number of nitrogens with one attached hydrogen (secondary N) is 2. The van der Waals surface area contributed by atoms with Crippen LogP contribution in [-0.4, -0.2) is 32.2 Å². The fraction of sp³-hybridized carbons (Fsp3) is 0.357. The molecular weight excluding hydrogens is 324 g/mol. The third kappa shape index (κ3) is 3.09. The second-order valence-electron chi connectivity index (χ2n) is 5.14. The monoisotopic (exact) mass is 339 g/mol. The molecule has 0 aliphatic rings. The lowest BCUT2D eigenvalue weighted by molar-refractivity contribution is 0.0958. The Labute approximate surface area is 134 Å². The van der Waals surface area contributed by atoms with Crippen LogP contribution in [0.5, 0.6) is 0 Å². The SMILES string of the molecule is Cc1ncc(CCNC(=O)c2cc3c(C(F)F)nn(C)c3s2)[nH]1. The summed E-state index contributed by atoms with van der Waals surface area (Å²) >= 11 is 1.16. The summed E-state index contributed by atoms with van der Waals surface area (Å²) in [6.45, 7) is 2.29. The van der Waals surface area contributed by atoms with E-state index in [9.17, 15) is 13.6 Å². The number of hydrogen-bond donors (Lipinski definition) is 2. The maximum atomic E-state index is 12.9. The number of halogens is 2. The van der Waals surface area contributed by atoms with Crippen molar-refractivity contribution >= 4 is 27.5 Å². The Morgan fingerprint density at radius 3 is 2.96 bits per heavy atom. The summed E-state index contributed by atoms with van der Waals surface area (Å²) in [7, 11) is 1.59. The third-order valence-electron chi connectivity index (χ3n) is 3.41. The van der Waals surface area contributed by atoms with E-state index in [1.54, 1.807) is 13.2 Å². The number of H-pyrrole nitrogens is 1. The summed E-state index contributed by atoms with van der Waals surface area (Å²) in [5.74, 6) is 0.547. The van der Waals surface area contributed by atoms with Crippen LogP contribution >= 0.6 is 11.3 Å². The lowest BCUT2D eigenvalue weighted by Crippen LogP contribution is -2.24. The van der Waals surface area contributed by atoms with E-state index < -0.39 is 6.43 Å². The first kappa shape index (κ1) is 15.6. The van der Waals surface area contributed by atoms with E-state index >= 15 is 0 Å². The minimum Gasteiger partial charge on any atom is -0.351 e. The Bertz CT molecular complexity index is 851. The molecule has 6 nitrogen and oxygen atoms in total. The highest BCUT2D eigenvalue weighted by Gasteiger charge is 2.21. The average molecular weight is 339 g/mol. The molecule has 0 aliphatic heterocycles. The molecule has 122 valence electrons. The molecule has 3 heterocycles. The molecule has 0 radical (unpaired) electrons. The summed E-state index contributed by atoms with van der Waals surface area (Å²) in [4.78, 5) is 20.3. The van der Waals surface area contributed by atoms with Crippen molar-refractivity contribution in [2.45, 2.75) is 19.8 Å². The van der Waals surface area contributed by atoms with E-state index in [-0.39, 0.29) is 11.6 Å². The van der Waals surface area contributed by atoms with E-state index in [2.05, 4.69) is 20.4 Å². The van der Waals surface area contributed by atoms with Gasteiger partial charge in [0, 0.05) is 37.3 Å². The van der Waals surface area contributed by atoms with Crippen LogP contribution in [0.25, 0.3) is 10.2 Å². The molecule has 3 aromatic heterocycles. The van der Waals surface area contributed by atoms with Crippen LogP contribution in [0.3, 0.4) is 0 Å². The zero-order chi connectivity index (χ0) is 16.6. The summed E-state index contributed by atoms with van der Waals surface area (Å²) in [6, 6.07) is 1.48. The number of fused-ring (bicyclic) bond motifs is 1. The number of thiophene rings is 1. The van der Waals surface area contributed by atoms with Crippen molar-refractivity contribution in [2.24, 2.45) is 7.05 Å². The van der Waals surface area contributed by atoms with E-state index in [0.717, 1.165) is 22.9 Å². The molecule has 2 N–H and O–H groups in total. The van der Waals surface area contributed by atoms with Crippen molar-refractivity contribution in [2.75, 3.05) is 6.54 Å². The smallest absolute Gasteiger partial charge is 0.282 e. The fourth-order valence-electron chi connectivity index (χ4n) is 2.34. The number of nitrogens with zero attached hydrogens (tertiary/aromatic N) is 3. The second kappa shape index (κ2) is 6.07. The van der Waals surface area contributed by atoms with Crippen LogP contribution in [0.1, 0.15) is 33.3 Å². The van der Waals surface area contributed by atoms with Gasteiger partial charge in [0.25, 0.3) is 12.3 Å². The molecule has 9 heteroatoms. The van der Waals surface area contributed by atoms with Gasteiger partial charge in [0.2, 0.25) is 0 Å². The normalized spacial score (nSPS) is 11.5. The van der Waals surface area contributed by atoms with Gasteiger partial charge in [-0.15, -0.1) is 11.3 Å². The first-order valence-corrected chi connectivity index (χ1v) is 7.80. The minimum absolute atomic E-state index is 0.275. The lowest BCUT2D eigenvalue weighted by atomic mass is 10.3. The Balaban J connectivity index is 1.70. The first-order valence-electron chi connectivity index (χ1n) is 6.99. The largest absolute Gasteiger partial charge is 0.351 e. The number of imidazole rings is 1. The summed E-state index contributed by atoms with van der Waals surface area (Å²) in [6.07, 6.45) is -0.309. The van der Waals surface area contributed by atoms with Crippen molar-refractivity contribution < 1.29 is 13.6 Å². The number of aromatic nitrogens is 4. The zero-order valence-corrected chi connectivity index (χ0v) is 13.4. The number of aryl methyl sites for hydroxylation is 2. The number of rotatable bonds is 5. The number of carbonyl (C=O) groups is 1. The summed E-state index contributed by atoms with van der Waals surface area (Å²) < 4.78 is 27.2. The van der Waals surface area contributed by atoms with Crippen LogP contribution in [0.15, 0.2) is 12.3 Å². The molecule has 0 saturated carbocycles. The minimum atomic E-state index is -2.66. The Morgan fingerprint density at radius 1 is 1.52 bits per heavy atom. The average Bonchev–Trinajstić information content (AvgIpc) is 3.16. The van der Waals surface area contributed by atoms with E-state index in [0.29, 0.717) is 28.1 Å². The molecular formula is C14H15F2N5OS. The highest BCUT2D eigenvalue weighted by molar-refractivity contribution is 7.20. The van der Waals surface area contributed by atoms with Crippen molar-refractivity contribution in [1.82, 2.24) is 25.1 Å². The molecule has 0 bridgehead atoms. The second-order valence-corrected chi connectivity index (χ2v) is 6.17. The Hall–Kier alpha value is -2.29. The molecule has 0 aliphatic carbocycles. The third-order valence-corrected chi connectivity index (χ3v) is 4.61. The van der Waals surface area contributed by atoms with Crippen LogP contribution in [-0.2, 0) is 13.5 Å². The predicted molar refractivity (Wildman–Crippen MR) is 82.9 cm³/mol. The molecule has 23 heavy (non-hydrogen) atoms. The summed E-state index contributed by atoms with van der Waals surface area (Å²) in [5.41, 5.74) is 0.647. The highest BCUT2D eigenvalue weighted by Crippen LogP contribution is 2.32. The van der Waals surface area contributed by atoms with Gasteiger partial charge in [0.1, 0.15) is 16.3 Å². The molecule has 0 spiro atoms. The van der Waals surface area contributed by atoms with Crippen LogP contribution in [0.2, 0.25) is 0 Å². The van der Waals surface area contributed by atoms with E-state index in [1.807, 2.05) is 6.92 Å². The van der Waals surface area contributed by atoms with Gasteiger partial charge in [-0.25, -0.2) is 13.8 Å². The Kier molecular flexibility index (Phi) is 4.12. The van der Waals surface area contributed by atoms with E-state index in [1.165, 1.54) is 10.7 Å². The van der Waals surface area contributed by atoms with Crippen LogP contribution in [0, 0.1) is 6.92 Å². The van der Waals surface area contributed by atoms with Gasteiger partial charge < -0.3 is 10.3 Å².